The Hall–Kier alpha value is -16.2. The first-order valence-electron chi connectivity index (χ1n) is 48.1. The zero-order chi connectivity index (χ0) is 111. The zero-order valence-corrected chi connectivity index (χ0v) is 84.5. The monoisotopic (exact) mass is 2110 g/mol. The largest absolute Gasteiger partial charge is 0.508 e. The van der Waals surface area contributed by atoms with Gasteiger partial charge >= 0.3 is 0 Å². The average molecular weight is 2110 g/mol. The van der Waals surface area contributed by atoms with Gasteiger partial charge in [-0.05, 0) is 192 Å². The number of nitrogens with two attached hydrogens (primary N) is 3. The van der Waals surface area contributed by atoms with Crippen molar-refractivity contribution in [3.05, 3.63) is 208 Å². The summed E-state index contributed by atoms with van der Waals surface area (Å²) in [6.07, 6.45) is -1.71. The van der Waals surface area contributed by atoms with Crippen LogP contribution in [0.25, 0.3) is 0 Å². The van der Waals surface area contributed by atoms with Gasteiger partial charge in [0, 0.05) is 19.0 Å². The molecule has 0 aromatic heterocycles. The molecule has 0 aliphatic carbocycles. The number of aliphatic hydroxyl groups excluding tert-OH is 3. The Balaban J connectivity index is 1.33. The quantitative estimate of drug-likeness (QED) is 0.0181. The highest BCUT2D eigenvalue weighted by atomic mass is 35.5. The minimum atomic E-state index is -2.10. The molecule has 19 amide bonds. The smallest absolute Gasteiger partial charge is 0.248 e. The number of allylic oxidation sites excluding steroid dienone is 3. The van der Waals surface area contributed by atoms with Gasteiger partial charge in [-0.2, -0.15) is 0 Å². The second kappa shape index (κ2) is 59.0. The first kappa shape index (κ1) is 121. The van der Waals surface area contributed by atoms with Crippen LogP contribution in [-0.4, -0.2) is 264 Å². The maximum atomic E-state index is 15.3. The number of halogens is 1. The van der Waals surface area contributed by atoms with Crippen molar-refractivity contribution in [3.63, 3.8) is 0 Å². The fourth-order valence-electron chi connectivity index (χ4n) is 15.1. The number of phenols is 5. The molecule has 19 atom stereocenters. The molecule has 32 N–H and O–H groups in total. The number of carbonyl (C=O) groups is 19. The lowest BCUT2D eigenvalue weighted by Gasteiger charge is -2.30. The molecule has 1 saturated heterocycles. The summed E-state index contributed by atoms with van der Waals surface area (Å²) in [5.74, 6) is -25.0. The zero-order valence-electron chi connectivity index (χ0n) is 83.7. The molecule has 49 heteroatoms. The van der Waals surface area contributed by atoms with Gasteiger partial charge in [0.05, 0.1) is 36.3 Å². The molecule has 810 valence electrons. The molecule has 48 nitrogen and oxygen atoms in total. The van der Waals surface area contributed by atoms with E-state index in [0.717, 1.165) is 132 Å². The number of amides is 19. The van der Waals surface area contributed by atoms with Crippen LogP contribution in [0.15, 0.2) is 170 Å². The van der Waals surface area contributed by atoms with Crippen molar-refractivity contribution in [3.8, 4) is 28.7 Å². The molecular weight excluding hydrogens is 1970 g/mol. The van der Waals surface area contributed by atoms with Crippen LogP contribution in [-0.2, 0) is 97.5 Å². The highest BCUT2D eigenvalue weighted by Crippen LogP contribution is 2.30. The fourth-order valence-corrected chi connectivity index (χ4v) is 15.2. The third-order valence-electron chi connectivity index (χ3n) is 23.3. The molecule has 0 radical (unpaired) electrons. The summed E-state index contributed by atoms with van der Waals surface area (Å²) in [4.78, 5) is 278. The number of primary amides is 1. The molecule has 150 heavy (non-hydrogen) atoms. The molecule has 0 spiro atoms. The van der Waals surface area contributed by atoms with E-state index in [0.29, 0.717) is 12.0 Å². The van der Waals surface area contributed by atoms with E-state index in [1.807, 2.05) is 13.8 Å². The van der Waals surface area contributed by atoms with Crippen molar-refractivity contribution >= 4 is 124 Å². The number of aromatic hydroxyl groups is 5. The predicted molar refractivity (Wildman–Crippen MR) is 541 cm³/mol. The summed E-state index contributed by atoms with van der Waals surface area (Å²) in [5.41, 5.74) is 17.1. The van der Waals surface area contributed by atoms with E-state index in [2.05, 4.69) is 95.7 Å². The minimum Gasteiger partial charge on any atom is -0.508 e. The van der Waals surface area contributed by atoms with Crippen molar-refractivity contribution < 1.29 is 132 Å². The Morgan fingerprint density at radius 3 is 1.23 bits per heavy atom. The molecule has 1 aliphatic rings. The standard InChI is InChI=1S/C101H132ClN21O27/c1-50(2)18-12-10-15-23-76(133)110-72(47-75(105)132)92(141)115-73-48-106-95(144)85(62-32-41-74(131)67(102)46-62)119-87(136)53(6)108-90(139)70(44-51(3)4)111-77(134)49-107-94(143)81(58-24-33-63(127)34-25-58)121-98(147)80(56(9)126)118-99(148)82(59-26-35-64(128)36-27-59)120-89(138)69(22-17-43-104)113-91(140)71(45-57-19-13-11-14-20-57)114-96(145)78(54(7)124)117-100(149)83(60-28-37-65(129)38-29-60)123-101(150)84(61-30-39-66(130)40-31-61)122-97(146)79(55(8)125)116-88(137)68(21-16-42-103)112-86(135)52(5)109-93(73)142/h10-15,19-20,23-41,46,50-56,68-73,78-85,124-131H,16-18,21-22,42-45,47-49,103-104H2,1-9H3,(H2,105,132)(H,106,144)(H,107,143)(H,108,139)(H,109,142)(H,110,133)(H,111,134)(H,112,135)(H,113,140)(H,114,145)(H,115,141)(H,116,137)(H,117,149)(H,118,148)(H,119,136)(H,120,138)(H,121,147)(H,122,146)(H,123,150)/b12-10+,23-15+/t52-,53+,54-,55+,56+,68+,69+,70-,71-,72-,73-,78-,79+,80+,81-,82-,83+,84-,85-/m0/s1. The van der Waals surface area contributed by atoms with Crippen LogP contribution in [0, 0.1) is 11.8 Å². The molecule has 7 rings (SSSR count). The summed E-state index contributed by atoms with van der Waals surface area (Å²) in [7, 11) is 0. The van der Waals surface area contributed by atoms with Crippen molar-refractivity contribution in [1.82, 2.24) is 95.7 Å². The number of hydrogen-bond acceptors (Lipinski definition) is 29. The van der Waals surface area contributed by atoms with Gasteiger partial charge in [0.15, 0.2) is 0 Å². The Morgan fingerprint density at radius 1 is 0.407 bits per heavy atom. The van der Waals surface area contributed by atoms with Crippen LogP contribution in [0.2, 0.25) is 5.02 Å². The van der Waals surface area contributed by atoms with E-state index in [1.165, 1.54) is 36.4 Å². The SMILES string of the molecule is CC(C)C/C=C/C=C/C(=O)N[C@@H](CC(N)=O)C(=O)N[C@H]1CNC(=O)[C@H](c2ccc(O)c(Cl)c2)NC(=O)[C@@H](C)NC(=O)[C@H](CC(C)C)NC(=O)CNC(=O)[C@H](c2ccc(O)cc2)NC(=O)[C@@H]([C@@H](C)O)NC(=O)[C@H](c2ccc(O)cc2)NC(=O)[C@@H](CCCN)NC(=O)[C@H](Cc2ccccc2)NC(=O)[C@H]([C@H](C)O)NC(=O)[C@@H](c2ccc(O)cc2)NC(=O)[C@H](c2ccc(O)cc2)NC(=O)[C@@H]([C@@H](C)O)NC(=O)[C@@H](CCCN)NC(=O)[C@H](C)NC1=O. The maximum absolute atomic E-state index is 15.3. The highest BCUT2D eigenvalue weighted by Gasteiger charge is 2.42. The summed E-state index contributed by atoms with van der Waals surface area (Å²) >= 11 is 6.38. The summed E-state index contributed by atoms with van der Waals surface area (Å²) in [6.45, 7) is 10.3. The van der Waals surface area contributed by atoms with Crippen LogP contribution < -0.4 is 113 Å². The summed E-state index contributed by atoms with van der Waals surface area (Å²) in [6, 6.07) is -0.917. The molecule has 1 aliphatic heterocycles. The molecule has 0 bridgehead atoms. The average Bonchev–Trinajstić information content (AvgIpc) is 0.825. The topological polar surface area (TPSA) is 781 Å². The second-order valence-electron chi connectivity index (χ2n) is 36.6. The summed E-state index contributed by atoms with van der Waals surface area (Å²) < 4.78 is 0. The molecule has 1 heterocycles. The fraction of sp³-hybridized carbons (Fsp3) is 0.416. The van der Waals surface area contributed by atoms with Crippen LogP contribution >= 0.6 is 11.6 Å². The van der Waals surface area contributed by atoms with Crippen LogP contribution in [0.1, 0.15) is 171 Å². The van der Waals surface area contributed by atoms with Gasteiger partial charge < -0.3 is 154 Å². The molecule has 1 fully saturated rings. The molecular formula is C101H132ClN21O27. The molecule has 6 aromatic carbocycles. The highest BCUT2D eigenvalue weighted by molar-refractivity contribution is 6.32. The molecule has 6 aromatic rings. The number of benzene rings is 6. The third-order valence-corrected chi connectivity index (χ3v) is 23.6. The molecule has 0 saturated carbocycles. The van der Waals surface area contributed by atoms with Crippen molar-refractivity contribution in [2.75, 3.05) is 26.2 Å². The van der Waals surface area contributed by atoms with Gasteiger partial charge in [0.1, 0.15) is 125 Å². The van der Waals surface area contributed by atoms with Crippen molar-refractivity contribution in [2.45, 2.75) is 229 Å². The number of aliphatic hydroxyl groups is 3. The van der Waals surface area contributed by atoms with Crippen LogP contribution in [0.4, 0.5) is 0 Å². The van der Waals surface area contributed by atoms with Gasteiger partial charge in [-0.25, -0.2) is 0 Å². The Labute approximate surface area is 868 Å². The van der Waals surface area contributed by atoms with E-state index < -0.39 is 265 Å². The first-order chi connectivity index (χ1) is 70.9. The maximum Gasteiger partial charge on any atom is 0.248 e. The second-order valence-corrected chi connectivity index (χ2v) is 37.0. The number of rotatable bonds is 27. The minimum absolute atomic E-state index is 0.0253. The van der Waals surface area contributed by atoms with Crippen molar-refractivity contribution in [2.24, 2.45) is 29.0 Å². The Bertz CT molecular complexity index is 5780. The van der Waals surface area contributed by atoms with Crippen molar-refractivity contribution in [1.29, 1.82) is 0 Å². The van der Waals surface area contributed by atoms with Crippen LogP contribution in [0.3, 0.4) is 0 Å². The van der Waals surface area contributed by atoms with E-state index in [1.54, 1.807) is 50.3 Å². The Kier molecular flexibility index (Phi) is 47.5. The van der Waals surface area contributed by atoms with E-state index in [4.69, 9.17) is 28.8 Å². The van der Waals surface area contributed by atoms with Gasteiger partial charge in [-0.3, -0.25) is 91.1 Å². The van der Waals surface area contributed by atoms with Gasteiger partial charge in [-0.15, -0.1) is 0 Å². The van der Waals surface area contributed by atoms with E-state index >= 15 is 28.8 Å². The van der Waals surface area contributed by atoms with Gasteiger partial charge in [0.2, 0.25) is 112 Å². The number of hydrogen-bond donors (Lipinski definition) is 29. The lowest BCUT2D eigenvalue weighted by Crippen LogP contribution is -2.61. The lowest BCUT2D eigenvalue weighted by molar-refractivity contribution is -0.138. The number of carbonyl (C=O) groups excluding carboxylic acids is 19. The Morgan fingerprint density at radius 2 is 0.780 bits per heavy atom. The number of phenolic OH excluding ortho intramolecular Hbond substituents is 5. The van der Waals surface area contributed by atoms with E-state index in [-0.39, 0.29) is 107 Å². The first-order valence-corrected chi connectivity index (χ1v) is 48.5. The lowest BCUT2D eigenvalue weighted by atomic mass is 10.0. The number of nitrogens with one attached hydrogen (secondary N) is 18. The summed E-state index contributed by atoms with van der Waals surface area (Å²) in [5, 5.41) is 130. The van der Waals surface area contributed by atoms with Crippen LogP contribution in [0.5, 0.6) is 28.7 Å². The predicted octanol–water partition coefficient (Wildman–Crippen LogP) is -2.98. The third kappa shape index (κ3) is 38.3. The van der Waals surface area contributed by atoms with E-state index in [9.17, 15) is 103 Å². The normalized spacial score (nSPS) is 23.5. The van der Waals surface area contributed by atoms with Gasteiger partial charge in [0.25, 0.3) is 0 Å². The van der Waals surface area contributed by atoms with Gasteiger partial charge in [-0.1, -0.05) is 142 Å². The molecule has 0 unspecified atom stereocenters.